The molecule has 0 radical (unpaired) electrons. The van der Waals surface area contributed by atoms with Crippen LogP contribution in [0.5, 0.6) is 0 Å². The van der Waals surface area contributed by atoms with Crippen LogP contribution in [-0.4, -0.2) is 32.8 Å². The fraction of sp³-hybridized carbons (Fsp3) is 0.318. The molecule has 0 fully saturated rings. The molecule has 29 heavy (non-hydrogen) atoms. The van der Waals surface area contributed by atoms with Crippen LogP contribution in [0, 0.1) is 6.92 Å². The van der Waals surface area contributed by atoms with Gasteiger partial charge in [-0.15, -0.1) is 0 Å². The average Bonchev–Trinajstić information content (AvgIpc) is 3.36. The van der Waals surface area contributed by atoms with Crippen LogP contribution in [0.25, 0.3) is 0 Å². The highest BCUT2D eigenvalue weighted by Gasteiger charge is 2.30. The molecule has 7 nitrogen and oxygen atoms in total. The van der Waals surface area contributed by atoms with E-state index in [9.17, 15) is 9.59 Å². The first-order valence-corrected chi connectivity index (χ1v) is 9.74. The van der Waals surface area contributed by atoms with Gasteiger partial charge in [0.25, 0.3) is 5.91 Å². The number of rotatable bonds is 5. The molecule has 4 rings (SSSR count). The molecular formula is C22H24N4O3. The minimum absolute atomic E-state index is 0.00758. The summed E-state index contributed by atoms with van der Waals surface area (Å²) >= 11 is 0. The Balaban J connectivity index is 1.43. The van der Waals surface area contributed by atoms with Crippen molar-refractivity contribution in [2.24, 2.45) is 0 Å². The average molecular weight is 392 g/mol. The SMILES string of the molecule is Cc1cccc(C(=O)N2CCn3cc(CC(=O)NCc4ccco4)nc3[C@@H]2C)c1. The molecule has 0 aliphatic carbocycles. The summed E-state index contributed by atoms with van der Waals surface area (Å²) in [4.78, 5) is 31.7. The van der Waals surface area contributed by atoms with Crippen LogP contribution in [0.15, 0.2) is 53.3 Å². The first kappa shape index (κ1) is 19.0. The largest absolute Gasteiger partial charge is 0.467 e. The number of carbonyl (C=O) groups excluding carboxylic acids is 2. The topological polar surface area (TPSA) is 80.4 Å². The van der Waals surface area contributed by atoms with E-state index in [0.29, 0.717) is 36.7 Å². The summed E-state index contributed by atoms with van der Waals surface area (Å²) in [5, 5.41) is 2.83. The molecule has 1 aromatic carbocycles. The highest BCUT2D eigenvalue weighted by Crippen LogP contribution is 2.26. The van der Waals surface area contributed by atoms with E-state index >= 15 is 0 Å². The van der Waals surface area contributed by atoms with Crippen molar-refractivity contribution in [2.45, 2.75) is 39.4 Å². The summed E-state index contributed by atoms with van der Waals surface area (Å²) in [7, 11) is 0. The first-order chi connectivity index (χ1) is 14.0. The molecule has 0 spiro atoms. The van der Waals surface area contributed by atoms with E-state index in [0.717, 1.165) is 11.4 Å². The maximum absolute atomic E-state index is 13.0. The van der Waals surface area contributed by atoms with Crippen molar-refractivity contribution < 1.29 is 14.0 Å². The van der Waals surface area contributed by atoms with Crippen LogP contribution < -0.4 is 5.32 Å². The lowest BCUT2D eigenvalue weighted by molar-refractivity contribution is -0.120. The van der Waals surface area contributed by atoms with Crippen molar-refractivity contribution in [2.75, 3.05) is 6.54 Å². The standard InChI is InChI=1S/C22H24N4O3/c1-15-5-3-6-17(11-15)22(28)26-9-8-25-14-18(24-21(25)16(26)2)12-20(27)23-13-19-7-4-10-29-19/h3-7,10-11,14,16H,8-9,12-13H2,1-2H3,(H,23,27)/t16-/m0/s1. The third-order valence-corrected chi connectivity index (χ3v) is 5.19. The van der Waals surface area contributed by atoms with Crippen LogP contribution in [0.3, 0.4) is 0 Å². The summed E-state index contributed by atoms with van der Waals surface area (Å²) in [6.07, 6.45) is 3.68. The van der Waals surface area contributed by atoms with Gasteiger partial charge < -0.3 is 19.2 Å². The Kier molecular flexibility index (Phi) is 5.20. The van der Waals surface area contributed by atoms with Crippen molar-refractivity contribution in [3.8, 4) is 0 Å². The number of benzene rings is 1. The van der Waals surface area contributed by atoms with E-state index in [1.165, 1.54) is 0 Å². The van der Waals surface area contributed by atoms with Gasteiger partial charge in [0.15, 0.2) is 0 Å². The lowest BCUT2D eigenvalue weighted by atomic mass is 10.1. The van der Waals surface area contributed by atoms with E-state index in [-0.39, 0.29) is 24.3 Å². The van der Waals surface area contributed by atoms with E-state index in [2.05, 4.69) is 10.3 Å². The number of hydrogen-bond donors (Lipinski definition) is 1. The van der Waals surface area contributed by atoms with Crippen LogP contribution in [0.2, 0.25) is 0 Å². The Morgan fingerprint density at radius 2 is 2.10 bits per heavy atom. The molecule has 1 aliphatic heterocycles. The van der Waals surface area contributed by atoms with Gasteiger partial charge in [-0.2, -0.15) is 0 Å². The lowest BCUT2D eigenvalue weighted by Crippen LogP contribution is -2.41. The zero-order valence-electron chi connectivity index (χ0n) is 16.6. The zero-order chi connectivity index (χ0) is 20.4. The molecule has 7 heteroatoms. The van der Waals surface area contributed by atoms with Crippen LogP contribution in [-0.2, 0) is 24.3 Å². The maximum Gasteiger partial charge on any atom is 0.254 e. The summed E-state index contributed by atoms with van der Waals surface area (Å²) in [5.74, 6) is 1.41. The Morgan fingerprint density at radius 3 is 2.86 bits per heavy atom. The Bertz CT molecular complexity index is 1020. The van der Waals surface area contributed by atoms with Crippen molar-refractivity contribution in [1.29, 1.82) is 0 Å². The molecule has 3 heterocycles. The second-order valence-electron chi connectivity index (χ2n) is 7.36. The second-order valence-corrected chi connectivity index (χ2v) is 7.36. The van der Waals surface area contributed by atoms with Crippen molar-refractivity contribution in [3.05, 3.63) is 77.3 Å². The van der Waals surface area contributed by atoms with Gasteiger partial charge in [-0.25, -0.2) is 4.98 Å². The summed E-state index contributed by atoms with van der Waals surface area (Å²) in [6, 6.07) is 11.1. The molecule has 1 N–H and O–H groups in total. The van der Waals surface area contributed by atoms with Crippen LogP contribution >= 0.6 is 0 Å². The van der Waals surface area contributed by atoms with E-state index in [4.69, 9.17) is 4.42 Å². The van der Waals surface area contributed by atoms with Crippen molar-refractivity contribution in [3.63, 3.8) is 0 Å². The molecule has 0 saturated carbocycles. The number of aromatic nitrogens is 2. The van der Waals surface area contributed by atoms with Gasteiger partial charge in [0.1, 0.15) is 11.6 Å². The number of imidazole rings is 1. The third kappa shape index (κ3) is 4.08. The predicted octanol–water partition coefficient (Wildman–Crippen LogP) is 2.86. The lowest BCUT2D eigenvalue weighted by Gasteiger charge is -2.33. The summed E-state index contributed by atoms with van der Waals surface area (Å²) < 4.78 is 7.26. The Hall–Kier alpha value is -3.35. The number of fused-ring (bicyclic) bond motifs is 1. The zero-order valence-corrected chi connectivity index (χ0v) is 16.6. The molecule has 2 amide bonds. The minimum atomic E-state index is -0.156. The van der Waals surface area contributed by atoms with E-state index < -0.39 is 0 Å². The van der Waals surface area contributed by atoms with Gasteiger partial charge >= 0.3 is 0 Å². The highest BCUT2D eigenvalue weighted by molar-refractivity contribution is 5.94. The van der Waals surface area contributed by atoms with Gasteiger partial charge in [-0.3, -0.25) is 9.59 Å². The van der Waals surface area contributed by atoms with Gasteiger partial charge in [0.2, 0.25) is 5.91 Å². The molecule has 150 valence electrons. The molecule has 2 aromatic heterocycles. The van der Waals surface area contributed by atoms with Gasteiger partial charge in [-0.05, 0) is 38.1 Å². The number of amides is 2. The number of aryl methyl sites for hydroxylation is 1. The molecule has 0 saturated heterocycles. The second kappa shape index (κ2) is 7.95. The fourth-order valence-corrected chi connectivity index (χ4v) is 3.68. The smallest absolute Gasteiger partial charge is 0.254 e. The number of furan rings is 1. The third-order valence-electron chi connectivity index (χ3n) is 5.19. The number of nitrogens with zero attached hydrogens (tertiary/aromatic N) is 3. The van der Waals surface area contributed by atoms with Gasteiger partial charge in [0, 0.05) is 24.8 Å². The fourth-order valence-electron chi connectivity index (χ4n) is 3.68. The van der Waals surface area contributed by atoms with Gasteiger partial charge in [-0.1, -0.05) is 17.7 Å². The highest BCUT2D eigenvalue weighted by atomic mass is 16.3. The Morgan fingerprint density at radius 1 is 1.24 bits per heavy atom. The van der Waals surface area contributed by atoms with Crippen LogP contribution in [0.4, 0.5) is 0 Å². The van der Waals surface area contributed by atoms with Crippen molar-refractivity contribution in [1.82, 2.24) is 19.8 Å². The summed E-state index contributed by atoms with van der Waals surface area (Å²) in [5.41, 5.74) is 2.45. The number of hydrogen-bond acceptors (Lipinski definition) is 4. The van der Waals surface area contributed by atoms with E-state index in [1.54, 1.807) is 12.3 Å². The minimum Gasteiger partial charge on any atom is -0.467 e. The number of nitrogens with one attached hydrogen (secondary N) is 1. The quantitative estimate of drug-likeness (QED) is 0.724. The Labute approximate surface area is 169 Å². The molecular weight excluding hydrogens is 368 g/mol. The van der Waals surface area contributed by atoms with E-state index in [1.807, 2.05) is 59.8 Å². The molecule has 0 bridgehead atoms. The van der Waals surface area contributed by atoms with Crippen LogP contribution in [0.1, 0.15) is 46.2 Å². The maximum atomic E-state index is 13.0. The molecule has 1 atom stereocenters. The molecule has 3 aromatic rings. The first-order valence-electron chi connectivity index (χ1n) is 9.74. The summed E-state index contributed by atoms with van der Waals surface area (Å²) in [6.45, 7) is 5.59. The number of carbonyl (C=O) groups is 2. The normalized spacial score (nSPS) is 15.8. The molecule has 0 unspecified atom stereocenters. The van der Waals surface area contributed by atoms with Gasteiger partial charge in [0.05, 0.1) is 31.0 Å². The molecule has 1 aliphatic rings. The monoisotopic (exact) mass is 392 g/mol. The predicted molar refractivity (Wildman–Crippen MR) is 107 cm³/mol. The van der Waals surface area contributed by atoms with Crippen molar-refractivity contribution >= 4 is 11.8 Å².